The van der Waals surface area contributed by atoms with Gasteiger partial charge < -0.3 is 5.32 Å². The molecule has 0 aliphatic carbocycles. The lowest BCUT2D eigenvalue weighted by atomic mass is 9.75. The number of carbonyl (C=O) groups is 1. The van der Waals surface area contributed by atoms with E-state index >= 15 is 0 Å². The van der Waals surface area contributed by atoms with Gasteiger partial charge in [0, 0.05) is 55.6 Å². The maximum absolute atomic E-state index is 12.1. The molecule has 1 N–H and O–H groups in total. The third kappa shape index (κ3) is 2.81. The van der Waals surface area contributed by atoms with Crippen molar-refractivity contribution in [2.45, 2.75) is 37.3 Å². The van der Waals surface area contributed by atoms with Gasteiger partial charge in [0.15, 0.2) is 0 Å². The Balaban J connectivity index is 1.48. The van der Waals surface area contributed by atoms with E-state index < -0.39 is 0 Å². The average Bonchev–Trinajstić information content (AvgIpc) is 3.24. The van der Waals surface area contributed by atoms with Gasteiger partial charge in [0.05, 0.1) is 6.20 Å². The standard InChI is InChI=1S/C17H22N4OS/c1-20-11-13(10-18-20)15-9-16(22)19-17(15)4-6-21(7-5-17)12-14-3-2-8-23-14/h2-3,8,10-11,15H,4-7,9,12H2,1H3,(H,19,22). The van der Waals surface area contributed by atoms with Crippen LogP contribution < -0.4 is 5.32 Å². The first-order chi connectivity index (χ1) is 11.1. The molecule has 4 rings (SSSR count). The Morgan fingerprint density at radius 1 is 1.43 bits per heavy atom. The van der Waals surface area contributed by atoms with Crippen LogP contribution in [0.5, 0.6) is 0 Å². The first kappa shape index (κ1) is 14.9. The number of nitrogens with one attached hydrogen (secondary N) is 1. The summed E-state index contributed by atoms with van der Waals surface area (Å²) in [5, 5.41) is 9.74. The third-order valence-electron chi connectivity index (χ3n) is 5.28. The Labute approximate surface area is 140 Å². The fourth-order valence-corrected chi connectivity index (χ4v) is 4.81. The Kier molecular flexibility index (Phi) is 3.73. The van der Waals surface area contributed by atoms with Crippen LogP contribution in [0.3, 0.4) is 0 Å². The molecule has 0 aromatic carbocycles. The van der Waals surface area contributed by atoms with Crippen LogP contribution in [0.25, 0.3) is 0 Å². The van der Waals surface area contributed by atoms with Crippen molar-refractivity contribution in [2.24, 2.45) is 7.05 Å². The molecule has 1 unspecified atom stereocenters. The number of aromatic nitrogens is 2. The zero-order chi connectivity index (χ0) is 15.9. The number of hydrogen-bond acceptors (Lipinski definition) is 4. The van der Waals surface area contributed by atoms with E-state index in [4.69, 9.17) is 0 Å². The van der Waals surface area contributed by atoms with E-state index in [9.17, 15) is 4.79 Å². The topological polar surface area (TPSA) is 50.2 Å². The molecule has 0 radical (unpaired) electrons. The van der Waals surface area contributed by atoms with Crippen molar-refractivity contribution in [2.75, 3.05) is 13.1 Å². The minimum Gasteiger partial charge on any atom is -0.350 e. The number of likely N-dealkylation sites (tertiary alicyclic amines) is 1. The zero-order valence-corrected chi connectivity index (χ0v) is 14.2. The monoisotopic (exact) mass is 330 g/mol. The highest BCUT2D eigenvalue weighted by atomic mass is 32.1. The molecule has 2 aromatic heterocycles. The van der Waals surface area contributed by atoms with Gasteiger partial charge in [-0.15, -0.1) is 11.3 Å². The number of nitrogens with zero attached hydrogens (tertiary/aromatic N) is 3. The molecule has 2 aliphatic heterocycles. The minimum absolute atomic E-state index is 0.0773. The van der Waals surface area contributed by atoms with E-state index in [0.29, 0.717) is 6.42 Å². The Bertz CT molecular complexity index is 685. The van der Waals surface area contributed by atoms with E-state index in [1.165, 1.54) is 10.4 Å². The number of thiophene rings is 1. The van der Waals surface area contributed by atoms with Crippen molar-refractivity contribution in [3.8, 4) is 0 Å². The van der Waals surface area contributed by atoms with Gasteiger partial charge in [-0.05, 0) is 29.9 Å². The van der Waals surface area contributed by atoms with Crippen LogP contribution in [0.1, 0.15) is 35.6 Å². The zero-order valence-electron chi connectivity index (χ0n) is 13.4. The summed E-state index contributed by atoms with van der Waals surface area (Å²) in [6.45, 7) is 3.10. The minimum atomic E-state index is -0.0773. The number of carbonyl (C=O) groups excluding carboxylic acids is 1. The second kappa shape index (κ2) is 5.76. The van der Waals surface area contributed by atoms with Gasteiger partial charge in [-0.1, -0.05) is 6.07 Å². The third-order valence-corrected chi connectivity index (χ3v) is 6.14. The molecule has 122 valence electrons. The predicted octanol–water partition coefficient (Wildman–Crippen LogP) is 2.12. The molecule has 1 spiro atoms. The maximum atomic E-state index is 12.1. The Morgan fingerprint density at radius 3 is 2.91 bits per heavy atom. The average molecular weight is 330 g/mol. The van der Waals surface area contributed by atoms with Gasteiger partial charge in [0.2, 0.25) is 5.91 Å². The first-order valence-electron chi connectivity index (χ1n) is 8.19. The summed E-state index contributed by atoms with van der Waals surface area (Å²) in [6, 6.07) is 4.31. The highest BCUT2D eigenvalue weighted by Gasteiger charge is 2.48. The molecule has 0 saturated carbocycles. The lowest BCUT2D eigenvalue weighted by Gasteiger charge is -2.42. The quantitative estimate of drug-likeness (QED) is 0.938. The SMILES string of the molecule is Cn1cc(C2CC(=O)NC23CCN(Cc2cccs2)CC3)cn1. The van der Waals surface area contributed by atoms with Crippen molar-refractivity contribution < 1.29 is 4.79 Å². The predicted molar refractivity (Wildman–Crippen MR) is 90.3 cm³/mol. The molecule has 4 heterocycles. The summed E-state index contributed by atoms with van der Waals surface area (Å²) < 4.78 is 1.83. The molecule has 0 bridgehead atoms. The van der Waals surface area contributed by atoms with Crippen molar-refractivity contribution in [1.82, 2.24) is 20.0 Å². The molecule has 5 nitrogen and oxygen atoms in total. The van der Waals surface area contributed by atoms with Crippen molar-refractivity contribution in [3.63, 3.8) is 0 Å². The second-order valence-electron chi connectivity index (χ2n) is 6.76. The van der Waals surface area contributed by atoms with Crippen LogP contribution in [-0.2, 0) is 18.4 Å². The molecule has 2 fully saturated rings. The van der Waals surface area contributed by atoms with Crippen LogP contribution in [0, 0.1) is 0 Å². The summed E-state index contributed by atoms with van der Waals surface area (Å²) in [5.41, 5.74) is 1.11. The van der Waals surface area contributed by atoms with Crippen molar-refractivity contribution >= 4 is 17.2 Å². The van der Waals surface area contributed by atoms with E-state index in [0.717, 1.165) is 32.5 Å². The highest BCUT2D eigenvalue weighted by molar-refractivity contribution is 7.09. The van der Waals surface area contributed by atoms with Gasteiger partial charge in [-0.3, -0.25) is 14.4 Å². The summed E-state index contributed by atoms with van der Waals surface area (Å²) >= 11 is 1.82. The molecule has 23 heavy (non-hydrogen) atoms. The fraction of sp³-hybridized carbons (Fsp3) is 0.529. The largest absolute Gasteiger partial charge is 0.350 e. The summed E-state index contributed by atoms with van der Waals surface area (Å²) in [7, 11) is 1.93. The smallest absolute Gasteiger partial charge is 0.221 e. The number of piperidine rings is 1. The molecule has 1 atom stereocenters. The summed E-state index contributed by atoms with van der Waals surface area (Å²) in [6.07, 6.45) is 6.61. The van der Waals surface area contributed by atoms with Crippen LogP contribution in [0.2, 0.25) is 0 Å². The number of aryl methyl sites for hydroxylation is 1. The fourth-order valence-electron chi connectivity index (χ4n) is 4.06. The van der Waals surface area contributed by atoms with Gasteiger partial charge in [0.25, 0.3) is 0 Å². The number of rotatable bonds is 3. The van der Waals surface area contributed by atoms with Gasteiger partial charge in [-0.25, -0.2) is 0 Å². The lowest BCUT2D eigenvalue weighted by Crippen LogP contribution is -2.53. The van der Waals surface area contributed by atoms with Crippen LogP contribution >= 0.6 is 11.3 Å². The highest BCUT2D eigenvalue weighted by Crippen LogP contribution is 2.43. The first-order valence-corrected chi connectivity index (χ1v) is 9.07. The van der Waals surface area contributed by atoms with E-state index in [1.807, 2.05) is 29.3 Å². The number of hydrogen-bond donors (Lipinski definition) is 1. The normalized spacial score (nSPS) is 24.2. The number of amides is 1. The van der Waals surface area contributed by atoms with Crippen molar-refractivity contribution in [1.29, 1.82) is 0 Å². The molecule has 2 aliphatic rings. The van der Waals surface area contributed by atoms with Crippen LogP contribution in [0.15, 0.2) is 29.9 Å². The maximum Gasteiger partial charge on any atom is 0.221 e. The summed E-state index contributed by atoms with van der Waals surface area (Å²) in [5.74, 6) is 0.443. The summed E-state index contributed by atoms with van der Waals surface area (Å²) in [4.78, 5) is 16.0. The molecule has 6 heteroatoms. The molecule has 1 amide bonds. The van der Waals surface area contributed by atoms with Gasteiger partial charge in [0.1, 0.15) is 0 Å². The Morgan fingerprint density at radius 2 is 2.26 bits per heavy atom. The lowest BCUT2D eigenvalue weighted by molar-refractivity contribution is -0.120. The van der Waals surface area contributed by atoms with Gasteiger partial charge >= 0.3 is 0 Å². The Hall–Kier alpha value is -1.66. The van der Waals surface area contributed by atoms with Crippen LogP contribution in [-0.4, -0.2) is 39.2 Å². The van der Waals surface area contributed by atoms with Crippen molar-refractivity contribution in [3.05, 3.63) is 40.3 Å². The molecular formula is C17H22N4OS. The van der Waals surface area contributed by atoms with E-state index in [-0.39, 0.29) is 17.4 Å². The molecule has 2 aromatic rings. The van der Waals surface area contributed by atoms with E-state index in [2.05, 4.69) is 39.0 Å². The van der Waals surface area contributed by atoms with Gasteiger partial charge in [-0.2, -0.15) is 5.10 Å². The molecular weight excluding hydrogens is 308 g/mol. The second-order valence-corrected chi connectivity index (χ2v) is 7.80. The van der Waals surface area contributed by atoms with Crippen LogP contribution in [0.4, 0.5) is 0 Å². The molecule has 2 saturated heterocycles. The van der Waals surface area contributed by atoms with E-state index in [1.54, 1.807) is 0 Å².